The molecule has 0 spiro atoms. The second-order valence-electron chi connectivity index (χ2n) is 4.13. The Kier molecular flexibility index (Phi) is 4.59. The minimum absolute atomic E-state index is 0.00214. The molecular weight excluding hydrogens is 248 g/mol. The van der Waals surface area contributed by atoms with Crippen LogP contribution in [-0.2, 0) is 16.3 Å². The van der Waals surface area contributed by atoms with Crippen molar-refractivity contribution in [3.8, 4) is 0 Å². The first-order valence-corrected chi connectivity index (χ1v) is 7.21. The van der Waals surface area contributed by atoms with E-state index in [0.717, 1.165) is 18.4 Å². The van der Waals surface area contributed by atoms with E-state index in [1.54, 1.807) is 0 Å². The molecule has 3 nitrogen and oxygen atoms in total. The van der Waals surface area contributed by atoms with Gasteiger partial charge in [0, 0.05) is 12.3 Å². The maximum atomic E-state index is 12.9. The van der Waals surface area contributed by atoms with Crippen LogP contribution in [0.4, 0.5) is 8.78 Å². The van der Waals surface area contributed by atoms with Crippen LogP contribution < -0.4 is 5.73 Å². The summed E-state index contributed by atoms with van der Waals surface area (Å²) in [4.78, 5) is 0. The van der Waals surface area contributed by atoms with Gasteiger partial charge in [-0.25, -0.2) is 17.2 Å². The molecule has 6 heteroatoms. The van der Waals surface area contributed by atoms with E-state index in [-0.39, 0.29) is 11.8 Å². The Balaban J connectivity index is 2.56. The van der Waals surface area contributed by atoms with Crippen LogP contribution >= 0.6 is 0 Å². The van der Waals surface area contributed by atoms with Crippen molar-refractivity contribution < 1.29 is 17.2 Å². The minimum atomic E-state index is -3.04. The number of hydrogen-bond donors (Lipinski definition) is 1. The fourth-order valence-corrected chi connectivity index (χ4v) is 2.17. The number of sulfone groups is 1. The molecule has 0 heterocycles. The van der Waals surface area contributed by atoms with Crippen LogP contribution in [0.5, 0.6) is 0 Å². The van der Waals surface area contributed by atoms with Gasteiger partial charge in [-0.1, -0.05) is 6.07 Å². The van der Waals surface area contributed by atoms with Crippen molar-refractivity contribution in [2.75, 3.05) is 12.0 Å². The molecule has 0 amide bonds. The van der Waals surface area contributed by atoms with Crippen molar-refractivity contribution in [1.82, 2.24) is 0 Å². The first-order valence-electron chi connectivity index (χ1n) is 5.15. The molecule has 0 fully saturated rings. The van der Waals surface area contributed by atoms with Gasteiger partial charge in [0.05, 0.1) is 5.75 Å². The van der Waals surface area contributed by atoms with Crippen molar-refractivity contribution in [3.05, 3.63) is 35.4 Å². The van der Waals surface area contributed by atoms with Crippen molar-refractivity contribution in [2.45, 2.75) is 18.9 Å². The van der Waals surface area contributed by atoms with Crippen LogP contribution in [0.1, 0.15) is 12.0 Å². The van der Waals surface area contributed by atoms with E-state index in [4.69, 9.17) is 5.73 Å². The van der Waals surface area contributed by atoms with E-state index in [9.17, 15) is 17.2 Å². The summed E-state index contributed by atoms with van der Waals surface area (Å²) in [6, 6.07) is 3.18. The Labute approximate surface area is 99.6 Å². The average Bonchev–Trinajstić information content (AvgIpc) is 2.20. The fourth-order valence-electron chi connectivity index (χ4n) is 1.44. The molecule has 0 saturated heterocycles. The van der Waals surface area contributed by atoms with Crippen molar-refractivity contribution in [2.24, 2.45) is 5.73 Å². The van der Waals surface area contributed by atoms with Crippen LogP contribution in [0.3, 0.4) is 0 Å². The topological polar surface area (TPSA) is 60.2 Å². The number of hydrogen-bond acceptors (Lipinski definition) is 3. The van der Waals surface area contributed by atoms with Gasteiger partial charge in [0.25, 0.3) is 0 Å². The highest BCUT2D eigenvalue weighted by Crippen LogP contribution is 2.11. The third-order valence-electron chi connectivity index (χ3n) is 2.34. The van der Waals surface area contributed by atoms with Crippen molar-refractivity contribution in [3.63, 3.8) is 0 Å². The van der Waals surface area contributed by atoms with Crippen molar-refractivity contribution >= 4 is 9.84 Å². The summed E-state index contributed by atoms with van der Waals surface area (Å²) in [5.74, 6) is -1.83. The number of rotatable bonds is 5. The molecular formula is C11H15F2NO2S. The van der Waals surface area contributed by atoms with E-state index in [1.165, 1.54) is 6.07 Å². The van der Waals surface area contributed by atoms with Crippen LogP contribution in [0.2, 0.25) is 0 Å². The molecule has 0 aromatic heterocycles. The molecule has 0 aliphatic heterocycles. The lowest BCUT2D eigenvalue weighted by molar-refractivity contribution is 0.505. The summed E-state index contributed by atoms with van der Waals surface area (Å²) >= 11 is 0. The van der Waals surface area contributed by atoms with Crippen LogP contribution in [0.25, 0.3) is 0 Å². The molecule has 1 atom stereocenters. The zero-order valence-electron chi connectivity index (χ0n) is 9.49. The standard InChI is InChI=1S/C11H15F2NO2S/c1-17(15,16)5-4-9(14)6-8-2-3-10(12)11(13)7-8/h2-3,7,9H,4-6,14H2,1H3. The van der Waals surface area contributed by atoms with E-state index in [1.807, 2.05) is 0 Å². The van der Waals surface area contributed by atoms with Crippen LogP contribution in [-0.4, -0.2) is 26.5 Å². The van der Waals surface area contributed by atoms with E-state index >= 15 is 0 Å². The number of benzene rings is 1. The normalized spacial score (nSPS) is 13.6. The summed E-state index contributed by atoms with van der Waals surface area (Å²) in [5, 5.41) is 0. The summed E-state index contributed by atoms with van der Waals surface area (Å²) in [6.45, 7) is 0. The molecule has 1 unspecified atom stereocenters. The molecule has 0 saturated carbocycles. The van der Waals surface area contributed by atoms with Gasteiger partial charge >= 0.3 is 0 Å². The SMILES string of the molecule is CS(=O)(=O)CCC(N)Cc1ccc(F)c(F)c1. The van der Waals surface area contributed by atoms with Crippen LogP contribution in [0, 0.1) is 11.6 Å². The lowest BCUT2D eigenvalue weighted by atomic mass is 10.0. The zero-order valence-corrected chi connectivity index (χ0v) is 10.3. The van der Waals surface area contributed by atoms with Gasteiger partial charge in [0.2, 0.25) is 0 Å². The summed E-state index contributed by atoms with van der Waals surface area (Å²) in [5.41, 5.74) is 6.28. The summed E-state index contributed by atoms with van der Waals surface area (Å²) < 4.78 is 47.4. The highest BCUT2D eigenvalue weighted by Gasteiger charge is 2.10. The van der Waals surface area contributed by atoms with Crippen molar-refractivity contribution in [1.29, 1.82) is 0 Å². The maximum Gasteiger partial charge on any atom is 0.159 e. The predicted molar refractivity (Wildman–Crippen MR) is 62.4 cm³/mol. The molecule has 0 aliphatic rings. The van der Waals surface area contributed by atoms with E-state index in [0.29, 0.717) is 18.4 Å². The molecule has 0 bridgehead atoms. The Hall–Kier alpha value is -1.01. The molecule has 17 heavy (non-hydrogen) atoms. The molecule has 96 valence electrons. The number of nitrogens with two attached hydrogens (primary N) is 1. The number of halogens is 2. The van der Waals surface area contributed by atoms with E-state index in [2.05, 4.69) is 0 Å². The van der Waals surface area contributed by atoms with Gasteiger partial charge in [-0.15, -0.1) is 0 Å². The van der Waals surface area contributed by atoms with Crippen LogP contribution in [0.15, 0.2) is 18.2 Å². The van der Waals surface area contributed by atoms with Gasteiger partial charge < -0.3 is 5.73 Å². The second-order valence-corrected chi connectivity index (χ2v) is 6.39. The van der Waals surface area contributed by atoms with Gasteiger partial charge in [-0.05, 0) is 30.5 Å². The van der Waals surface area contributed by atoms with Gasteiger partial charge in [0.1, 0.15) is 9.84 Å². The summed E-state index contributed by atoms with van der Waals surface area (Å²) in [6.07, 6.45) is 1.77. The average molecular weight is 263 g/mol. The Morgan fingerprint density at radius 1 is 1.29 bits per heavy atom. The van der Waals surface area contributed by atoms with Gasteiger partial charge in [-0.2, -0.15) is 0 Å². The minimum Gasteiger partial charge on any atom is -0.327 e. The lowest BCUT2D eigenvalue weighted by Gasteiger charge is -2.11. The van der Waals surface area contributed by atoms with Gasteiger partial charge in [-0.3, -0.25) is 0 Å². The zero-order chi connectivity index (χ0) is 13.1. The highest BCUT2D eigenvalue weighted by atomic mass is 32.2. The first-order chi connectivity index (χ1) is 7.78. The Bertz CT molecular complexity index is 488. The lowest BCUT2D eigenvalue weighted by Crippen LogP contribution is -2.26. The summed E-state index contributed by atoms with van der Waals surface area (Å²) in [7, 11) is -3.04. The smallest absolute Gasteiger partial charge is 0.159 e. The quantitative estimate of drug-likeness (QED) is 0.870. The predicted octanol–water partition coefficient (Wildman–Crippen LogP) is 1.27. The third-order valence-corrected chi connectivity index (χ3v) is 3.32. The highest BCUT2D eigenvalue weighted by molar-refractivity contribution is 7.90. The molecule has 0 aliphatic carbocycles. The Morgan fingerprint density at radius 2 is 1.94 bits per heavy atom. The first kappa shape index (κ1) is 14.1. The van der Waals surface area contributed by atoms with Gasteiger partial charge in [0.15, 0.2) is 11.6 Å². The third kappa shape index (κ3) is 5.23. The molecule has 0 radical (unpaired) electrons. The molecule has 2 N–H and O–H groups in total. The molecule has 1 rings (SSSR count). The maximum absolute atomic E-state index is 12.9. The monoisotopic (exact) mass is 263 g/mol. The van der Waals surface area contributed by atoms with E-state index < -0.39 is 21.5 Å². The molecule has 1 aromatic rings. The largest absolute Gasteiger partial charge is 0.327 e. The fraction of sp³-hybridized carbons (Fsp3) is 0.455. The molecule has 1 aromatic carbocycles. The second kappa shape index (κ2) is 5.55. The Morgan fingerprint density at radius 3 is 2.47 bits per heavy atom.